The van der Waals surface area contributed by atoms with Crippen molar-refractivity contribution < 1.29 is 19.1 Å². The van der Waals surface area contributed by atoms with Gasteiger partial charge in [0.15, 0.2) is 6.10 Å². The van der Waals surface area contributed by atoms with Crippen molar-refractivity contribution >= 4 is 29.3 Å². The van der Waals surface area contributed by atoms with Crippen molar-refractivity contribution in [3.8, 4) is 0 Å². The highest BCUT2D eigenvalue weighted by Gasteiger charge is 2.15. The molecule has 1 heterocycles. The Morgan fingerprint density at radius 2 is 2.20 bits per heavy atom. The highest BCUT2D eigenvalue weighted by molar-refractivity contribution is 7.12. The van der Waals surface area contributed by atoms with E-state index in [4.69, 9.17) is 9.47 Å². The number of methoxy groups -OCH3 is 1. The lowest BCUT2D eigenvalue weighted by Gasteiger charge is -2.11. The molecule has 1 aromatic heterocycles. The second-order valence-electron chi connectivity index (χ2n) is 4.14. The molecule has 6 heteroatoms. The summed E-state index contributed by atoms with van der Waals surface area (Å²) in [5.41, 5.74) is 0. The number of carbonyl (C=O) groups is 2. The van der Waals surface area contributed by atoms with Gasteiger partial charge in [0.25, 0.3) is 5.91 Å². The van der Waals surface area contributed by atoms with E-state index < -0.39 is 12.1 Å². The van der Waals surface area contributed by atoms with Crippen molar-refractivity contribution in [1.29, 1.82) is 0 Å². The van der Waals surface area contributed by atoms with Crippen LogP contribution in [0.15, 0.2) is 18.2 Å². The van der Waals surface area contributed by atoms with E-state index in [0.717, 1.165) is 4.88 Å². The predicted molar refractivity (Wildman–Crippen MR) is 78.5 cm³/mol. The van der Waals surface area contributed by atoms with Gasteiger partial charge >= 0.3 is 5.97 Å². The molecule has 0 aromatic carbocycles. The Bertz CT molecular complexity index is 481. The largest absolute Gasteiger partial charge is 0.449 e. The van der Waals surface area contributed by atoms with Gasteiger partial charge in [-0.05, 0) is 32.1 Å². The zero-order chi connectivity index (χ0) is 15.0. The first-order valence-electron chi connectivity index (χ1n) is 6.24. The van der Waals surface area contributed by atoms with Gasteiger partial charge in [0.05, 0.1) is 6.61 Å². The van der Waals surface area contributed by atoms with Crippen LogP contribution in [-0.4, -0.2) is 38.2 Å². The van der Waals surface area contributed by atoms with Crippen LogP contribution >= 0.6 is 11.3 Å². The van der Waals surface area contributed by atoms with Crippen molar-refractivity contribution in [3.63, 3.8) is 0 Å². The first kappa shape index (κ1) is 16.4. The predicted octanol–water partition coefficient (Wildman–Crippen LogP) is 1.76. The van der Waals surface area contributed by atoms with Crippen LogP contribution in [0.2, 0.25) is 0 Å². The highest BCUT2D eigenvalue weighted by atomic mass is 32.1. The van der Waals surface area contributed by atoms with Crippen LogP contribution in [0.3, 0.4) is 0 Å². The molecule has 110 valence electrons. The number of aryl methyl sites for hydroxylation is 1. The van der Waals surface area contributed by atoms with Gasteiger partial charge in [-0.25, -0.2) is 4.79 Å². The van der Waals surface area contributed by atoms with Crippen molar-refractivity contribution in [1.82, 2.24) is 5.32 Å². The minimum atomic E-state index is -0.825. The van der Waals surface area contributed by atoms with Gasteiger partial charge < -0.3 is 14.8 Å². The number of ether oxygens (including phenoxy) is 2. The first-order chi connectivity index (χ1) is 9.52. The van der Waals surface area contributed by atoms with E-state index in [2.05, 4.69) is 5.32 Å². The summed E-state index contributed by atoms with van der Waals surface area (Å²) in [6.07, 6.45) is 2.17. The fourth-order valence-corrected chi connectivity index (χ4v) is 2.16. The minimum absolute atomic E-state index is 0.337. The molecule has 1 aromatic rings. The molecule has 1 atom stereocenters. The molecule has 0 saturated heterocycles. The summed E-state index contributed by atoms with van der Waals surface area (Å²) in [6, 6.07) is 3.90. The maximum atomic E-state index is 11.6. The second-order valence-corrected chi connectivity index (χ2v) is 5.46. The average molecular weight is 297 g/mol. The Hall–Kier alpha value is -1.66. The van der Waals surface area contributed by atoms with Crippen LogP contribution in [0.5, 0.6) is 0 Å². The summed E-state index contributed by atoms with van der Waals surface area (Å²) >= 11 is 1.58. The summed E-state index contributed by atoms with van der Waals surface area (Å²) in [4.78, 5) is 25.3. The van der Waals surface area contributed by atoms with E-state index in [-0.39, 0.29) is 5.91 Å². The maximum absolute atomic E-state index is 11.6. The number of rotatable bonds is 7. The summed E-state index contributed by atoms with van der Waals surface area (Å²) in [6.45, 7) is 4.33. The van der Waals surface area contributed by atoms with Gasteiger partial charge in [0.1, 0.15) is 0 Å². The van der Waals surface area contributed by atoms with Gasteiger partial charge in [-0.3, -0.25) is 4.79 Å². The van der Waals surface area contributed by atoms with Gasteiger partial charge in [-0.2, -0.15) is 0 Å². The number of hydrogen-bond acceptors (Lipinski definition) is 5. The van der Waals surface area contributed by atoms with Crippen LogP contribution < -0.4 is 5.32 Å². The van der Waals surface area contributed by atoms with Crippen LogP contribution in [0, 0.1) is 6.92 Å². The SMILES string of the molecule is COCCNC(=O)[C@H](C)OC(=O)/C=C/c1ccc(C)s1. The molecule has 1 rings (SSSR count). The van der Waals surface area contributed by atoms with Crippen LogP contribution in [0.1, 0.15) is 16.7 Å². The summed E-state index contributed by atoms with van der Waals surface area (Å²) < 4.78 is 9.81. The normalized spacial score (nSPS) is 12.3. The fraction of sp³-hybridized carbons (Fsp3) is 0.429. The van der Waals surface area contributed by atoms with Gasteiger partial charge in [0.2, 0.25) is 0 Å². The van der Waals surface area contributed by atoms with Crippen LogP contribution in [-0.2, 0) is 19.1 Å². The number of thiophene rings is 1. The topological polar surface area (TPSA) is 64.6 Å². The molecule has 0 aliphatic rings. The third-order valence-corrected chi connectivity index (χ3v) is 3.38. The summed E-state index contributed by atoms with van der Waals surface area (Å²) in [5.74, 6) is -0.874. The number of hydrogen-bond donors (Lipinski definition) is 1. The maximum Gasteiger partial charge on any atom is 0.331 e. The molecule has 0 saturated carbocycles. The zero-order valence-corrected chi connectivity index (χ0v) is 12.7. The quantitative estimate of drug-likeness (QED) is 0.473. The Balaban J connectivity index is 2.37. The number of esters is 1. The molecule has 0 unspecified atom stereocenters. The molecule has 1 N–H and O–H groups in total. The molecule has 0 spiro atoms. The standard InChI is InChI=1S/C14H19NO4S/c1-10-4-5-12(20-10)6-7-13(16)19-11(2)14(17)15-8-9-18-3/h4-7,11H,8-9H2,1-3H3,(H,15,17)/b7-6+/t11-/m0/s1. The molecule has 1 amide bonds. The molecular weight excluding hydrogens is 278 g/mol. The Labute approximate surface area is 122 Å². The summed E-state index contributed by atoms with van der Waals surface area (Å²) in [5, 5.41) is 2.60. The first-order valence-corrected chi connectivity index (χ1v) is 7.06. The summed E-state index contributed by atoms with van der Waals surface area (Å²) in [7, 11) is 1.55. The lowest BCUT2D eigenvalue weighted by atomic mass is 10.3. The molecule has 0 bridgehead atoms. The number of nitrogens with one attached hydrogen (secondary N) is 1. The monoisotopic (exact) mass is 297 g/mol. The van der Waals surface area contributed by atoms with Crippen molar-refractivity contribution in [3.05, 3.63) is 28.0 Å². The Kier molecular flexibility index (Phi) is 6.97. The van der Waals surface area contributed by atoms with Crippen molar-refractivity contribution in [2.45, 2.75) is 20.0 Å². The van der Waals surface area contributed by atoms with Crippen molar-refractivity contribution in [2.75, 3.05) is 20.3 Å². The van der Waals surface area contributed by atoms with E-state index in [9.17, 15) is 9.59 Å². The zero-order valence-electron chi connectivity index (χ0n) is 11.8. The molecule has 0 radical (unpaired) electrons. The molecule has 5 nitrogen and oxygen atoms in total. The molecule has 20 heavy (non-hydrogen) atoms. The van der Waals surface area contributed by atoms with E-state index in [1.807, 2.05) is 19.1 Å². The van der Waals surface area contributed by atoms with Crippen LogP contribution in [0.25, 0.3) is 6.08 Å². The fourth-order valence-electron chi connectivity index (χ4n) is 1.38. The lowest BCUT2D eigenvalue weighted by Crippen LogP contribution is -2.37. The van der Waals surface area contributed by atoms with Gasteiger partial charge in [-0.1, -0.05) is 0 Å². The minimum Gasteiger partial charge on any atom is -0.449 e. The third kappa shape index (κ3) is 5.99. The molecule has 0 fully saturated rings. The van der Waals surface area contributed by atoms with E-state index in [1.165, 1.54) is 17.9 Å². The number of amides is 1. The Morgan fingerprint density at radius 3 is 2.80 bits per heavy atom. The van der Waals surface area contributed by atoms with Crippen molar-refractivity contribution in [2.24, 2.45) is 0 Å². The smallest absolute Gasteiger partial charge is 0.331 e. The lowest BCUT2D eigenvalue weighted by molar-refractivity contribution is -0.150. The number of carbonyl (C=O) groups excluding carboxylic acids is 2. The highest BCUT2D eigenvalue weighted by Crippen LogP contribution is 2.16. The van der Waals surface area contributed by atoms with E-state index in [0.29, 0.717) is 13.2 Å². The van der Waals surface area contributed by atoms with Crippen LogP contribution in [0.4, 0.5) is 0 Å². The second kappa shape index (κ2) is 8.50. The molecule has 0 aliphatic carbocycles. The average Bonchev–Trinajstić information content (AvgIpc) is 2.82. The van der Waals surface area contributed by atoms with E-state index in [1.54, 1.807) is 24.5 Å². The molecular formula is C14H19NO4S. The van der Waals surface area contributed by atoms with Gasteiger partial charge in [-0.15, -0.1) is 11.3 Å². The molecule has 0 aliphatic heterocycles. The van der Waals surface area contributed by atoms with E-state index >= 15 is 0 Å². The van der Waals surface area contributed by atoms with Gasteiger partial charge in [0, 0.05) is 29.5 Å². The third-order valence-electron chi connectivity index (χ3n) is 2.41. The Morgan fingerprint density at radius 1 is 1.45 bits per heavy atom.